The number of likely N-dealkylation sites (tertiary alicyclic amines) is 1. The van der Waals surface area contributed by atoms with Crippen molar-refractivity contribution >= 4 is 0 Å². The van der Waals surface area contributed by atoms with E-state index < -0.39 is 0 Å². The summed E-state index contributed by atoms with van der Waals surface area (Å²) < 4.78 is 0. The SMILES string of the molecule is CCNC1CCCN(CCCCN)CC1. The van der Waals surface area contributed by atoms with Crippen molar-refractivity contribution in [3.8, 4) is 0 Å². The van der Waals surface area contributed by atoms with Gasteiger partial charge in [-0.3, -0.25) is 0 Å². The number of hydrogen-bond acceptors (Lipinski definition) is 3. The Hall–Kier alpha value is -0.120. The van der Waals surface area contributed by atoms with Gasteiger partial charge in [0.2, 0.25) is 0 Å². The predicted molar refractivity (Wildman–Crippen MR) is 66.0 cm³/mol. The summed E-state index contributed by atoms with van der Waals surface area (Å²) in [6.07, 6.45) is 6.45. The van der Waals surface area contributed by atoms with Crippen LogP contribution >= 0.6 is 0 Å². The van der Waals surface area contributed by atoms with Crippen molar-refractivity contribution in [1.29, 1.82) is 0 Å². The molecule has 3 N–H and O–H groups in total. The van der Waals surface area contributed by atoms with Crippen molar-refractivity contribution in [3.63, 3.8) is 0 Å². The summed E-state index contributed by atoms with van der Waals surface area (Å²) in [4.78, 5) is 2.60. The minimum atomic E-state index is 0.759. The third kappa shape index (κ3) is 5.50. The fourth-order valence-corrected chi connectivity index (χ4v) is 2.35. The van der Waals surface area contributed by atoms with Gasteiger partial charge in [0.15, 0.2) is 0 Å². The fraction of sp³-hybridized carbons (Fsp3) is 1.00. The van der Waals surface area contributed by atoms with Crippen LogP contribution in [0.25, 0.3) is 0 Å². The number of nitrogens with one attached hydrogen (secondary N) is 1. The maximum absolute atomic E-state index is 5.51. The van der Waals surface area contributed by atoms with Crippen LogP contribution in [0, 0.1) is 0 Å². The lowest BCUT2D eigenvalue weighted by atomic mass is 10.1. The smallest absolute Gasteiger partial charge is 0.00795 e. The average molecular weight is 213 g/mol. The molecule has 0 aromatic heterocycles. The Balaban J connectivity index is 2.14. The Morgan fingerprint density at radius 3 is 2.87 bits per heavy atom. The summed E-state index contributed by atoms with van der Waals surface area (Å²) in [5.41, 5.74) is 5.51. The minimum absolute atomic E-state index is 0.759. The molecule has 1 aliphatic rings. The number of nitrogens with two attached hydrogens (primary N) is 1. The molecule has 1 unspecified atom stereocenters. The van der Waals surface area contributed by atoms with Crippen LogP contribution in [0.4, 0.5) is 0 Å². The highest BCUT2D eigenvalue weighted by Gasteiger charge is 2.15. The molecule has 3 nitrogen and oxygen atoms in total. The van der Waals surface area contributed by atoms with Gasteiger partial charge in [0, 0.05) is 6.04 Å². The summed E-state index contributed by atoms with van der Waals surface area (Å²) >= 11 is 0. The number of nitrogens with zero attached hydrogens (tertiary/aromatic N) is 1. The molecule has 0 aliphatic carbocycles. The third-order valence-electron chi connectivity index (χ3n) is 3.24. The molecule has 0 saturated carbocycles. The van der Waals surface area contributed by atoms with Crippen LogP contribution in [0.3, 0.4) is 0 Å². The lowest BCUT2D eigenvalue weighted by molar-refractivity contribution is 0.277. The molecular weight excluding hydrogens is 186 g/mol. The lowest BCUT2D eigenvalue weighted by Gasteiger charge is -2.20. The van der Waals surface area contributed by atoms with Gasteiger partial charge in [-0.15, -0.1) is 0 Å². The molecule has 90 valence electrons. The molecule has 0 aromatic rings. The summed E-state index contributed by atoms with van der Waals surface area (Å²) in [5.74, 6) is 0. The largest absolute Gasteiger partial charge is 0.330 e. The Bertz CT molecular complexity index is 150. The van der Waals surface area contributed by atoms with Crippen molar-refractivity contribution in [2.24, 2.45) is 5.73 Å². The Morgan fingerprint density at radius 2 is 2.13 bits per heavy atom. The molecular formula is C12H27N3. The van der Waals surface area contributed by atoms with Crippen LogP contribution in [-0.4, -0.2) is 43.7 Å². The van der Waals surface area contributed by atoms with Gasteiger partial charge >= 0.3 is 0 Å². The van der Waals surface area contributed by atoms with Gasteiger partial charge in [0.1, 0.15) is 0 Å². The summed E-state index contributed by atoms with van der Waals surface area (Å²) in [7, 11) is 0. The highest BCUT2D eigenvalue weighted by Crippen LogP contribution is 2.11. The number of unbranched alkanes of at least 4 members (excludes halogenated alkanes) is 1. The lowest BCUT2D eigenvalue weighted by Crippen LogP contribution is -2.31. The second-order valence-corrected chi connectivity index (χ2v) is 4.52. The maximum Gasteiger partial charge on any atom is 0.00795 e. The highest BCUT2D eigenvalue weighted by molar-refractivity contribution is 4.74. The van der Waals surface area contributed by atoms with Crippen molar-refractivity contribution in [2.75, 3.05) is 32.7 Å². The molecule has 15 heavy (non-hydrogen) atoms. The molecule has 0 radical (unpaired) electrons. The van der Waals surface area contributed by atoms with Crippen molar-refractivity contribution < 1.29 is 0 Å². The summed E-state index contributed by atoms with van der Waals surface area (Å²) in [6.45, 7) is 7.94. The third-order valence-corrected chi connectivity index (χ3v) is 3.24. The number of rotatable bonds is 6. The topological polar surface area (TPSA) is 41.3 Å². The second-order valence-electron chi connectivity index (χ2n) is 4.52. The van der Waals surface area contributed by atoms with E-state index >= 15 is 0 Å². The standard InChI is InChI=1S/C12H27N3/c1-2-14-12-6-5-10-15(11-7-12)9-4-3-8-13/h12,14H,2-11,13H2,1H3. The molecule has 1 heterocycles. The Labute approximate surface area is 94.4 Å². The van der Waals surface area contributed by atoms with Crippen LogP contribution in [0.5, 0.6) is 0 Å². The zero-order valence-corrected chi connectivity index (χ0v) is 10.2. The van der Waals surface area contributed by atoms with Gasteiger partial charge in [0.05, 0.1) is 0 Å². The van der Waals surface area contributed by atoms with Gasteiger partial charge in [-0.2, -0.15) is 0 Å². The highest BCUT2D eigenvalue weighted by atomic mass is 15.1. The van der Waals surface area contributed by atoms with Crippen LogP contribution in [0.15, 0.2) is 0 Å². The molecule has 1 fully saturated rings. The molecule has 3 heteroatoms. The van der Waals surface area contributed by atoms with Crippen LogP contribution < -0.4 is 11.1 Å². The van der Waals surface area contributed by atoms with E-state index in [2.05, 4.69) is 17.1 Å². The Morgan fingerprint density at radius 1 is 1.27 bits per heavy atom. The normalized spacial score (nSPS) is 24.0. The first-order valence-electron chi connectivity index (χ1n) is 6.52. The second kappa shape index (κ2) is 8.08. The zero-order valence-electron chi connectivity index (χ0n) is 10.2. The molecule has 0 amide bonds. The van der Waals surface area contributed by atoms with Gasteiger partial charge in [0.25, 0.3) is 0 Å². The molecule has 1 aliphatic heterocycles. The van der Waals surface area contributed by atoms with Crippen LogP contribution in [0.1, 0.15) is 39.0 Å². The molecule has 1 atom stereocenters. The number of hydrogen-bond donors (Lipinski definition) is 2. The van der Waals surface area contributed by atoms with Crippen molar-refractivity contribution in [1.82, 2.24) is 10.2 Å². The summed E-state index contributed by atoms with van der Waals surface area (Å²) in [6, 6.07) is 0.759. The van der Waals surface area contributed by atoms with Gasteiger partial charge in [-0.1, -0.05) is 6.92 Å². The monoisotopic (exact) mass is 213 g/mol. The molecule has 1 saturated heterocycles. The predicted octanol–water partition coefficient (Wildman–Crippen LogP) is 1.19. The van der Waals surface area contributed by atoms with Gasteiger partial charge < -0.3 is 16.0 Å². The Kier molecular flexibility index (Phi) is 6.98. The van der Waals surface area contributed by atoms with Crippen molar-refractivity contribution in [3.05, 3.63) is 0 Å². The van der Waals surface area contributed by atoms with Crippen molar-refractivity contribution in [2.45, 2.75) is 45.1 Å². The zero-order chi connectivity index (χ0) is 10.9. The van der Waals surface area contributed by atoms with Gasteiger partial charge in [-0.05, 0) is 64.8 Å². The van der Waals surface area contributed by atoms with E-state index in [9.17, 15) is 0 Å². The minimum Gasteiger partial charge on any atom is -0.330 e. The van der Waals surface area contributed by atoms with E-state index in [1.807, 2.05) is 0 Å². The van der Waals surface area contributed by atoms with E-state index in [1.54, 1.807) is 0 Å². The van der Waals surface area contributed by atoms with E-state index in [4.69, 9.17) is 5.73 Å². The fourth-order valence-electron chi connectivity index (χ4n) is 2.35. The van der Waals surface area contributed by atoms with E-state index in [-0.39, 0.29) is 0 Å². The first-order chi connectivity index (χ1) is 7.36. The van der Waals surface area contributed by atoms with Crippen LogP contribution in [0.2, 0.25) is 0 Å². The molecule has 0 spiro atoms. The quantitative estimate of drug-likeness (QED) is 0.651. The first kappa shape index (κ1) is 12.9. The first-order valence-corrected chi connectivity index (χ1v) is 6.52. The van der Waals surface area contributed by atoms with E-state index in [1.165, 1.54) is 51.7 Å². The van der Waals surface area contributed by atoms with Crippen LogP contribution in [-0.2, 0) is 0 Å². The summed E-state index contributed by atoms with van der Waals surface area (Å²) in [5, 5.41) is 3.57. The van der Waals surface area contributed by atoms with E-state index in [0.29, 0.717) is 0 Å². The van der Waals surface area contributed by atoms with Gasteiger partial charge in [-0.25, -0.2) is 0 Å². The maximum atomic E-state index is 5.51. The molecule has 0 aromatic carbocycles. The van der Waals surface area contributed by atoms with E-state index in [0.717, 1.165) is 19.1 Å². The molecule has 1 rings (SSSR count). The average Bonchev–Trinajstić information content (AvgIpc) is 2.45. The molecule has 0 bridgehead atoms.